The number of hydrogen-bond donors (Lipinski definition) is 1. The Morgan fingerprint density at radius 3 is 2.52 bits per heavy atom. The quantitative estimate of drug-likeness (QED) is 0.509. The molecule has 1 N–H and O–H groups in total. The summed E-state index contributed by atoms with van der Waals surface area (Å²) in [5.74, 6) is 0.330. The summed E-state index contributed by atoms with van der Waals surface area (Å²) in [6, 6.07) is 19.2. The molecule has 27 heavy (non-hydrogen) atoms. The number of aromatic nitrogens is 3. The molecule has 0 spiro atoms. The lowest BCUT2D eigenvalue weighted by Gasteiger charge is -2.10. The maximum absolute atomic E-state index is 13.0. The Balaban J connectivity index is 1.80. The Labute approximate surface area is 165 Å². The summed E-state index contributed by atoms with van der Waals surface area (Å²) in [5, 5.41) is 8.01. The number of halogens is 1. The zero-order chi connectivity index (χ0) is 19.0. The van der Waals surface area contributed by atoms with E-state index < -0.39 is 0 Å². The number of rotatable bonds is 3. The van der Waals surface area contributed by atoms with Crippen LogP contribution >= 0.6 is 15.9 Å². The third kappa shape index (κ3) is 3.48. The van der Waals surface area contributed by atoms with Crippen LogP contribution in [0.25, 0.3) is 22.2 Å². The van der Waals surface area contributed by atoms with Crippen LogP contribution in [0.4, 0.5) is 5.82 Å². The van der Waals surface area contributed by atoms with Crippen molar-refractivity contribution in [2.24, 2.45) is 7.05 Å². The van der Waals surface area contributed by atoms with Crippen LogP contribution in [0.5, 0.6) is 0 Å². The van der Waals surface area contributed by atoms with Crippen molar-refractivity contribution in [2.75, 3.05) is 5.32 Å². The van der Waals surface area contributed by atoms with Gasteiger partial charge in [-0.15, -0.1) is 0 Å². The molecule has 0 aliphatic carbocycles. The predicted molar refractivity (Wildman–Crippen MR) is 111 cm³/mol. The van der Waals surface area contributed by atoms with E-state index in [-0.39, 0.29) is 5.91 Å². The van der Waals surface area contributed by atoms with Crippen molar-refractivity contribution in [3.63, 3.8) is 0 Å². The van der Waals surface area contributed by atoms with Gasteiger partial charge in [0, 0.05) is 34.2 Å². The zero-order valence-corrected chi connectivity index (χ0v) is 16.5. The number of benzene rings is 2. The van der Waals surface area contributed by atoms with Crippen LogP contribution in [0.3, 0.4) is 0 Å². The fraction of sp³-hybridized carbons (Fsp3) is 0.0952. The molecule has 2 heterocycles. The van der Waals surface area contributed by atoms with Crippen molar-refractivity contribution >= 4 is 38.6 Å². The summed E-state index contributed by atoms with van der Waals surface area (Å²) in [5.41, 5.74) is 4.03. The lowest BCUT2D eigenvalue weighted by atomic mass is 10.0. The van der Waals surface area contributed by atoms with Gasteiger partial charge in [-0.2, -0.15) is 5.10 Å². The van der Waals surface area contributed by atoms with Gasteiger partial charge in [-0.05, 0) is 31.2 Å². The van der Waals surface area contributed by atoms with Gasteiger partial charge in [0.25, 0.3) is 5.91 Å². The van der Waals surface area contributed by atoms with Gasteiger partial charge in [0.1, 0.15) is 0 Å². The molecular formula is C21H17BrN4O. The second-order valence-corrected chi connectivity index (χ2v) is 7.24. The number of aryl methyl sites for hydroxylation is 2. The molecular weight excluding hydrogens is 404 g/mol. The van der Waals surface area contributed by atoms with Crippen molar-refractivity contribution < 1.29 is 4.79 Å². The molecule has 1 amide bonds. The highest BCUT2D eigenvalue weighted by molar-refractivity contribution is 9.10. The monoisotopic (exact) mass is 420 g/mol. The second-order valence-electron chi connectivity index (χ2n) is 6.33. The van der Waals surface area contributed by atoms with Gasteiger partial charge in [-0.25, -0.2) is 4.98 Å². The summed E-state index contributed by atoms with van der Waals surface area (Å²) in [7, 11) is 1.85. The number of amides is 1. The van der Waals surface area contributed by atoms with Crippen LogP contribution in [0.1, 0.15) is 16.1 Å². The van der Waals surface area contributed by atoms with Gasteiger partial charge in [0.2, 0.25) is 0 Å². The Hall–Kier alpha value is -2.99. The number of anilines is 1. The number of pyridine rings is 1. The number of carbonyl (C=O) groups excluding carboxylic acids is 1. The first-order chi connectivity index (χ1) is 13.0. The molecule has 134 valence electrons. The Morgan fingerprint density at radius 1 is 1.07 bits per heavy atom. The maximum atomic E-state index is 13.0. The molecule has 0 atom stereocenters. The van der Waals surface area contributed by atoms with E-state index in [1.165, 1.54) is 0 Å². The summed E-state index contributed by atoms with van der Waals surface area (Å²) in [6.07, 6.45) is 0. The highest BCUT2D eigenvalue weighted by atomic mass is 79.9. The summed E-state index contributed by atoms with van der Waals surface area (Å²) in [4.78, 5) is 17.7. The van der Waals surface area contributed by atoms with Gasteiger partial charge in [-0.1, -0.05) is 46.3 Å². The van der Waals surface area contributed by atoms with Gasteiger partial charge in [-0.3, -0.25) is 9.48 Å². The maximum Gasteiger partial charge on any atom is 0.257 e. The van der Waals surface area contributed by atoms with Crippen molar-refractivity contribution in [3.8, 4) is 11.3 Å². The van der Waals surface area contributed by atoms with E-state index in [0.717, 1.165) is 32.3 Å². The summed E-state index contributed by atoms with van der Waals surface area (Å²) in [6.45, 7) is 1.94. The molecule has 0 radical (unpaired) electrons. The molecule has 2 aromatic carbocycles. The minimum absolute atomic E-state index is 0.204. The molecule has 0 aliphatic rings. The van der Waals surface area contributed by atoms with Crippen molar-refractivity contribution in [3.05, 3.63) is 76.4 Å². The topological polar surface area (TPSA) is 59.8 Å². The second kappa shape index (κ2) is 6.96. The number of nitrogens with one attached hydrogen (secondary N) is 1. The minimum atomic E-state index is -0.204. The van der Waals surface area contributed by atoms with E-state index in [0.29, 0.717) is 11.4 Å². The lowest BCUT2D eigenvalue weighted by molar-refractivity contribution is 0.102. The SMILES string of the molecule is Cc1cc(NC(=O)c2cc(-c3ccc(Br)cc3)nc3ccccc23)nn1C. The normalized spacial score (nSPS) is 10.9. The molecule has 0 saturated carbocycles. The van der Waals surface area contributed by atoms with E-state index in [2.05, 4.69) is 26.3 Å². The van der Waals surface area contributed by atoms with Crippen LogP contribution in [0.2, 0.25) is 0 Å². The highest BCUT2D eigenvalue weighted by Crippen LogP contribution is 2.26. The van der Waals surface area contributed by atoms with Gasteiger partial charge < -0.3 is 5.32 Å². The molecule has 4 rings (SSSR count). The lowest BCUT2D eigenvalue weighted by Crippen LogP contribution is -2.13. The van der Waals surface area contributed by atoms with Crippen LogP contribution in [-0.4, -0.2) is 20.7 Å². The van der Waals surface area contributed by atoms with Gasteiger partial charge in [0.05, 0.1) is 16.8 Å². The average Bonchev–Trinajstić information content (AvgIpc) is 2.98. The molecule has 5 nitrogen and oxygen atoms in total. The van der Waals surface area contributed by atoms with E-state index in [1.807, 2.05) is 74.6 Å². The van der Waals surface area contributed by atoms with E-state index in [9.17, 15) is 4.79 Å². The molecule has 0 aliphatic heterocycles. The first-order valence-corrected chi connectivity index (χ1v) is 9.28. The van der Waals surface area contributed by atoms with Crippen molar-refractivity contribution in [2.45, 2.75) is 6.92 Å². The highest BCUT2D eigenvalue weighted by Gasteiger charge is 2.15. The number of nitrogens with zero attached hydrogens (tertiary/aromatic N) is 3. The number of para-hydroxylation sites is 1. The number of hydrogen-bond acceptors (Lipinski definition) is 3. The third-order valence-electron chi connectivity index (χ3n) is 4.46. The fourth-order valence-corrected chi connectivity index (χ4v) is 3.20. The first kappa shape index (κ1) is 17.4. The van der Waals surface area contributed by atoms with Crippen LogP contribution < -0.4 is 5.32 Å². The number of carbonyl (C=O) groups is 1. The molecule has 4 aromatic rings. The van der Waals surface area contributed by atoms with Crippen molar-refractivity contribution in [1.82, 2.24) is 14.8 Å². The predicted octanol–water partition coefficient (Wildman–Crippen LogP) is 4.96. The molecule has 6 heteroatoms. The van der Waals surface area contributed by atoms with Crippen LogP contribution in [0, 0.1) is 6.92 Å². The summed E-state index contributed by atoms with van der Waals surface area (Å²) < 4.78 is 2.73. The Morgan fingerprint density at radius 2 is 1.81 bits per heavy atom. The average molecular weight is 421 g/mol. The zero-order valence-electron chi connectivity index (χ0n) is 14.9. The molecule has 2 aromatic heterocycles. The smallest absolute Gasteiger partial charge is 0.257 e. The molecule has 0 unspecified atom stereocenters. The third-order valence-corrected chi connectivity index (χ3v) is 4.98. The standard InChI is InChI=1S/C21H17BrN4O/c1-13-11-20(25-26(13)2)24-21(27)17-12-19(14-7-9-15(22)10-8-14)23-18-6-4-3-5-16(17)18/h3-12H,1-2H3,(H,24,25,27). The van der Waals surface area contributed by atoms with Crippen LogP contribution in [-0.2, 0) is 7.05 Å². The summed E-state index contributed by atoms with van der Waals surface area (Å²) >= 11 is 3.45. The Bertz CT molecular complexity index is 1130. The first-order valence-electron chi connectivity index (χ1n) is 8.49. The molecule has 0 saturated heterocycles. The van der Waals surface area contributed by atoms with Gasteiger partial charge >= 0.3 is 0 Å². The number of fused-ring (bicyclic) bond motifs is 1. The van der Waals surface area contributed by atoms with Crippen molar-refractivity contribution in [1.29, 1.82) is 0 Å². The fourth-order valence-electron chi connectivity index (χ4n) is 2.94. The van der Waals surface area contributed by atoms with E-state index in [1.54, 1.807) is 4.68 Å². The van der Waals surface area contributed by atoms with E-state index >= 15 is 0 Å². The minimum Gasteiger partial charge on any atom is -0.305 e. The van der Waals surface area contributed by atoms with E-state index in [4.69, 9.17) is 4.98 Å². The van der Waals surface area contributed by atoms with Gasteiger partial charge in [0.15, 0.2) is 5.82 Å². The van der Waals surface area contributed by atoms with Crippen LogP contribution in [0.15, 0.2) is 65.1 Å². The molecule has 0 bridgehead atoms. The largest absolute Gasteiger partial charge is 0.305 e. The Kier molecular flexibility index (Phi) is 4.49. The molecule has 0 fully saturated rings.